The molecule has 25 heavy (non-hydrogen) atoms. The van der Waals surface area contributed by atoms with Gasteiger partial charge in [0.05, 0.1) is 18.8 Å². The number of benzene rings is 1. The molecule has 0 radical (unpaired) electrons. The lowest BCUT2D eigenvalue weighted by molar-refractivity contribution is -0.139. The maximum absolute atomic E-state index is 12.8. The topological polar surface area (TPSA) is 67.6 Å². The van der Waals surface area contributed by atoms with Crippen molar-refractivity contribution in [2.75, 3.05) is 7.05 Å². The van der Waals surface area contributed by atoms with Gasteiger partial charge in [-0.3, -0.25) is 9.48 Å². The highest BCUT2D eigenvalue weighted by atomic mass is 16.5. The van der Waals surface area contributed by atoms with Crippen molar-refractivity contribution in [1.29, 1.82) is 0 Å². The van der Waals surface area contributed by atoms with Gasteiger partial charge in [-0.15, -0.1) is 0 Å². The summed E-state index contributed by atoms with van der Waals surface area (Å²) >= 11 is 0. The molecule has 6 nitrogen and oxygen atoms in total. The van der Waals surface area contributed by atoms with Gasteiger partial charge < -0.3 is 14.7 Å². The first-order valence-electron chi connectivity index (χ1n) is 8.65. The maximum atomic E-state index is 12.8. The summed E-state index contributed by atoms with van der Waals surface area (Å²) in [6.45, 7) is 1.71. The molecule has 3 rings (SSSR count). The van der Waals surface area contributed by atoms with Gasteiger partial charge >= 0.3 is 0 Å². The molecule has 0 bridgehead atoms. The minimum absolute atomic E-state index is 0.0415. The second-order valence-electron chi connectivity index (χ2n) is 6.59. The quantitative estimate of drug-likeness (QED) is 0.904. The van der Waals surface area contributed by atoms with Crippen LogP contribution in [0.3, 0.4) is 0 Å². The van der Waals surface area contributed by atoms with Crippen LogP contribution in [0.15, 0.2) is 30.5 Å². The fourth-order valence-corrected chi connectivity index (χ4v) is 3.50. The number of ether oxygens (including phenoxy) is 1. The summed E-state index contributed by atoms with van der Waals surface area (Å²) in [5.41, 5.74) is 3.11. The Labute approximate surface area is 148 Å². The van der Waals surface area contributed by atoms with Crippen molar-refractivity contribution in [2.45, 2.75) is 44.9 Å². The predicted molar refractivity (Wildman–Crippen MR) is 94.1 cm³/mol. The van der Waals surface area contributed by atoms with Crippen molar-refractivity contribution < 1.29 is 14.6 Å². The Bertz CT molecular complexity index is 756. The number of aryl methyl sites for hydroxylation is 1. The lowest BCUT2D eigenvalue weighted by Gasteiger charge is -2.33. The number of rotatable bonds is 5. The molecule has 1 heterocycles. The number of fused-ring (bicyclic) bond motifs is 1. The molecule has 1 aliphatic carbocycles. The lowest BCUT2D eigenvalue weighted by atomic mass is 9.92. The molecule has 0 spiro atoms. The van der Waals surface area contributed by atoms with Crippen LogP contribution in [0.4, 0.5) is 0 Å². The largest absolute Gasteiger partial charge is 0.481 e. The van der Waals surface area contributed by atoms with Crippen molar-refractivity contribution in [1.82, 2.24) is 14.7 Å². The van der Waals surface area contributed by atoms with Gasteiger partial charge in [-0.25, -0.2) is 0 Å². The smallest absolute Gasteiger partial charge is 0.263 e. The van der Waals surface area contributed by atoms with Crippen molar-refractivity contribution in [3.8, 4) is 5.75 Å². The highest BCUT2D eigenvalue weighted by Gasteiger charge is 2.31. The fourth-order valence-electron chi connectivity index (χ4n) is 3.50. The molecule has 1 aromatic carbocycles. The van der Waals surface area contributed by atoms with Crippen LogP contribution in [0.1, 0.15) is 42.6 Å². The normalized spacial score (nSPS) is 17.7. The minimum atomic E-state index is -0.596. The number of hydrogen-bond acceptors (Lipinski definition) is 4. The number of aliphatic hydroxyl groups is 1. The zero-order valence-corrected chi connectivity index (χ0v) is 15.0. The summed E-state index contributed by atoms with van der Waals surface area (Å²) in [5, 5.41) is 13.6. The first-order chi connectivity index (χ1) is 12.0. The highest BCUT2D eigenvalue weighted by molar-refractivity contribution is 5.81. The predicted octanol–water partition coefficient (Wildman–Crippen LogP) is 2.22. The molecule has 1 amide bonds. The van der Waals surface area contributed by atoms with Crippen LogP contribution >= 0.6 is 0 Å². The second kappa shape index (κ2) is 7.27. The van der Waals surface area contributed by atoms with Crippen LogP contribution in [-0.2, 0) is 24.9 Å². The Kier molecular flexibility index (Phi) is 5.08. The van der Waals surface area contributed by atoms with Crippen LogP contribution in [0.5, 0.6) is 5.75 Å². The third-order valence-corrected chi connectivity index (χ3v) is 4.90. The van der Waals surface area contributed by atoms with E-state index < -0.39 is 6.10 Å². The molecule has 1 N–H and O–H groups in total. The highest BCUT2D eigenvalue weighted by Crippen LogP contribution is 2.33. The van der Waals surface area contributed by atoms with E-state index in [0.717, 1.165) is 30.4 Å². The third-order valence-electron chi connectivity index (χ3n) is 4.90. The summed E-state index contributed by atoms with van der Waals surface area (Å²) in [6.07, 6.45) is 4.26. The van der Waals surface area contributed by atoms with Gasteiger partial charge in [-0.2, -0.15) is 5.10 Å². The molecule has 0 aliphatic heterocycles. The third kappa shape index (κ3) is 3.54. The van der Waals surface area contributed by atoms with Gasteiger partial charge in [-0.05, 0) is 43.9 Å². The van der Waals surface area contributed by atoms with Gasteiger partial charge in [0.15, 0.2) is 6.10 Å². The van der Waals surface area contributed by atoms with Crippen molar-refractivity contribution in [2.24, 2.45) is 7.05 Å². The van der Waals surface area contributed by atoms with Gasteiger partial charge in [-0.1, -0.05) is 12.1 Å². The zero-order valence-electron chi connectivity index (χ0n) is 15.0. The molecule has 2 aromatic rings. The summed E-state index contributed by atoms with van der Waals surface area (Å²) < 4.78 is 7.70. The molecule has 1 aliphatic rings. The second-order valence-corrected chi connectivity index (χ2v) is 6.59. The molecule has 2 unspecified atom stereocenters. The van der Waals surface area contributed by atoms with E-state index in [1.807, 2.05) is 37.1 Å². The van der Waals surface area contributed by atoms with E-state index >= 15 is 0 Å². The average molecular weight is 343 g/mol. The summed E-state index contributed by atoms with van der Waals surface area (Å²) in [5.74, 6) is 0.530. The molecule has 134 valence electrons. The van der Waals surface area contributed by atoms with Gasteiger partial charge in [0, 0.05) is 25.4 Å². The number of carbonyl (C=O) groups excluding carboxylic acids is 1. The summed E-state index contributed by atoms with van der Waals surface area (Å²) in [4.78, 5) is 14.6. The van der Waals surface area contributed by atoms with E-state index in [0.29, 0.717) is 5.75 Å². The first kappa shape index (κ1) is 17.5. The minimum Gasteiger partial charge on any atom is -0.481 e. The molecule has 0 fully saturated rings. The maximum Gasteiger partial charge on any atom is 0.263 e. The van der Waals surface area contributed by atoms with Crippen molar-refractivity contribution >= 4 is 5.91 Å². The zero-order chi connectivity index (χ0) is 18.0. The Morgan fingerprint density at radius 2 is 2.32 bits per heavy atom. The Morgan fingerprint density at radius 1 is 1.52 bits per heavy atom. The number of hydrogen-bond donors (Lipinski definition) is 1. The Morgan fingerprint density at radius 3 is 3.08 bits per heavy atom. The van der Waals surface area contributed by atoms with Crippen LogP contribution in [-0.4, -0.2) is 38.8 Å². The molecule has 0 saturated carbocycles. The van der Waals surface area contributed by atoms with Gasteiger partial charge in [0.1, 0.15) is 5.75 Å². The number of aliphatic hydroxyl groups excluding tert-OH is 1. The Hall–Kier alpha value is -2.34. The molecule has 0 saturated heterocycles. The fraction of sp³-hybridized carbons (Fsp3) is 0.474. The number of amides is 1. The molecule has 6 heteroatoms. The van der Waals surface area contributed by atoms with E-state index in [9.17, 15) is 9.90 Å². The van der Waals surface area contributed by atoms with Gasteiger partial charge in [0.2, 0.25) is 0 Å². The van der Waals surface area contributed by atoms with E-state index in [2.05, 4.69) is 5.10 Å². The number of likely N-dealkylation sites (N-methyl/N-ethyl adjacent to an activating group) is 1. The average Bonchev–Trinajstić information content (AvgIpc) is 3.02. The summed E-state index contributed by atoms with van der Waals surface area (Å²) in [6, 6.07) is 7.22. The Balaban J connectivity index is 1.71. The van der Waals surface area contributed by atoms with E-state index in [1.165, 1.54) is 5.69 Å². The first-order valence-corrected chi connectivity index (χ1v) is 8.65. The van der Waals surface area contributed by atoms with Crippen LogP contribution in [0, 0.1) is 0 Å². The van der Waals surface area contributed by atoms with Gasteiger partial charge in [0.25, 0.3) is 5.91 Å². The van der Waals surface area contributed by atoms with E-state index in [4.69, 9.17) is 4.74 Å². The van der Waals surface area contributed by atoms with E-state index in [-0.39, 0.29) is 18.6 Å². The molecule has 2 atom stereocenters. The van der Waals surface area contributed by atoms with Crippen LogP contribution in [0.2, 0.25) is 0 Å². The summed E-state index contributed by atoms with van der Waals surface area (Å²) in [7, 11) is 3.78. The monoisotopic (exact) mass is 343 g/mol. The SMILES string of the molecule is CC(Oc1cccc(CO)c1)C(=O)N(C)C1CCCc2c1cnn2C. The number of nitrogens with zero attached hydrogens (tertiary/aromatic N) is 3. The van der Waals surface area contributed by atoms with Crippen molar-refractivity contribution in [3.63, 3.8) is 0 Å². The van der Waals surface area contributed by atoms with Crippen LogP contribution < -0.4 is 4.74 Å². The molecular formula is C19H25N3O3. The van der Waals surface area contributed by atoms with Crippen LogP contribution in [0.25, 0.3) is 0 Å². The standard InChI is InChI=1S/C19H25N3O3/c1-13(25-15-7-4-6-14(10-15)12-23)19(24)21(2)17-8-5-9-18-16(17)11-20-22(18)3/h4,6-7,10-11,13,17,23H,5,8-9,12H2,1-3H3. The van der Waals surface area contributed by atoms with E-state index in [1.54, 1.807) is 24.0 Å². The lowest BCUT2D eigenvalue weighted by Crippen LogP contribution is -2.41. The molecular weight excluding hydrogens is 318 g/mol. The number of aromatic nitrogens is 2. The molecule has 1 aromatic heterocycles. The van der Waals surface area contributed by atoms with Crippen molar-refractivity contribution in [3.05, 3.63) is 47.3 Å². The number of carbonyl (C=O) groups is 1.